The van der Waals surface area contributed by atoms with Gasteiger partial charge in [-0.3, -0.25) is 0 Å². The fourth-order valence-corrected chi connectivity index (χ4v) is 2.42. The molecule has 1 aromatic rings. The van der Waals surface area contributed by atoms with Gasteiger partial charge in [0.15, 0.2) is 0 Å². The van der Waals surface area contributed by atoms with E-state index in [1.165, 1.54) is 12.1 Å². The van der Waals surface area contributed by atoms with E-state index in [0.717, 1.165) is 19.4 Å². The van der Waals surface area contributed by atoms with Crippen molar-refractivity contribution in [3.8, 4) is 0 Å². The third-order valence-electron chi connectivity index (χ3n) is 2.84. The Kier molecular flexibility index (Phi) is 2.79. The Morgan fingerprint density at radius 1 is 1.79 bits per heavy atom. The predicted molar refractivity (Wildman–Crippen MR) is 57.3 cm³/mol. The molecular formula is C10H16ClN3. The molecule has 4 heteroatoms. The van der Waals surface area contributed by atoms with Crippen LogP contribution >= 0.6 is 11.6 Å². The van der Waals surface area contributed by atoms with Crippen molar-refractivity contribution in [2.45, 2.75) is 38.8 Å². The van der Waals surface area contributed by atoms with Crippen LogP contribution in [0, 0.1) is 5.92 Å². The van der Waals surface area contributed by atoms with Crippen molar-refractivity contribution in [3.63, 3.8) is 0 Å². The Hall–Kier alpha value is -0.540. The van der Waals surface area contributed by atoms with Crippen LogP contribution in [0.15, 0.2) is 6.20 Å². The largest absolute Gasteiger partial charge is 0.328 e. The van der Waals surface area contributed by atoms with Crippen molar-refractivity contribution >= 4 is 11.6 Å². The topological polar surface area (TPSA) is 43.8 Å². The van der Waals surface area contributed by atoms with E-state index in [9.17, 15) is 0 Å². The lowest BCUT2D eigenvalue weighted by atomic mass is 9.92. The number of hydrogen-bond donors (Lipinski definition) is 1. The molecule has 0 aromatic carbocycles. The Bertz CT molecular complexity index is 319. The first-order chi connectivity index (χ1) is 6.66. The van der Waals surface area contributed by atoms with Crippen LogP contribution in [-0.2, 0) is 13.0 Å². The van der Waals surface area contributed by atoms with E-state index in [4.69, 9.17) is 17.3 Å². The zero-order valence-corrected chi connectivity index (χ0v) is 9.17. The third kappa shape index (κ3) is 1.93. The standard InChI is InChI=1S/C10H16ClN3/c1-7(12)4-8-2-3-9-5-13-10(11)14(9)6-8/h5,7-8H,2-4,6,12H2,1H3. The van der Waals surface area contributed by atoms with E-state index in [1.807, 2.05) is 6.20 Å². The number of imidazole rings is 1. The molecule has 78 valence electrons. The van der Waals surface area contributed by atoms with Gasteiger partial charge in [-0.25, -0.2) is 4.98 Å². The van der Waals surface area contributed by atoms with Gasteiger partial charge >= 0.3 is 0 Å². The molecule has 0 saturated carbocycles. The number of aromatic nitrogens is 2. The molecule has 1 aliphatic rings. The molecule has 1 aromatic heterocycles. The number of rotatable bonds is 2. The zero-order chi connectivity index (χ0) is 10.1. The molecule has 2 atom stereocenters. The molecule has 2 unspecified atom stereocenters. The van der Waals surface area contributed by atoms with Gasteiger partial charge in [-0.1, -0.05) is 0 Å². The van der Waals surface area contributed by atoms with Gasteiger partial charge in [0.25, 0.3) is 0 Å². The molecule has 0 saturated heterocycles. The van der Waals surface area contributed by atoms with Gasteiger partial charge in [-0.15, -0.1) is 0 Å². The highest BCUT2D eigenvalue weighted by atomic mass is 35.5. The van der Waals surface area contributed by atoms with Gasteiger partial charge in [0, 0.05) is 24.5 Å². The van der Waals surface area contributed by atoms with Crippen molar-refractivity contribution in [2.24, 2.45) is 11.7 Å². The predicted octanol–water partition coefficient (Wildman–Crippen LogP) is 1.84. The van der Waals surface area contributed by atoms with Crippen LogP contribution < -0.4 is 5.73 Å². The molecule has 0 radical (unpaired) electrons. The minimum atomic E-state index is 0.281. The van der Waals surface area contributed by atoms with Crippen molar-refractivity contribution in [1.82, 2.24) is 9.55 Å². The van der Waals surface area contributed by atoms with Crippen molar-refractivity contribution in [2.75, 3.05) is 0 Å². The summed E-state index contributed by atoms with van der Waals surface area (Å²) in [7, 11) is 0. The zero-order valence-electron chi connectivity index (χ0n) is 8.41. The molecule has 14 heavy (non-hydrogen) atoms. The molecule has 2 heterocycles. The summed E-state index contributed by atoms with van der Waals surface area (Å²) in [6.45, 7) is 3.04. The third-order valence-corrected chi connectivity index (χ3v) is 3.15. The van der Waals surface area contributed by atoms with E-state index >= 15 is 0 Å². The van der Waals surface area contributed by atoms with Gasteiger partial charge in [-0.2, -0.15) is 0 Å². The van der Waals surface area contributed by atoms with Crippen LogP contribution in [-0.4, -0.2) is 15.6 Å². The Morgan fingerprint density at radius 2 is 2.57 bits per heavy atom. The summed E-state index contributed by atoms with van der Waals surface area (Å²) in [5.41, 5.74) is 7.06. The number of hydrogen-bond acceptors (Lipinski definition) is 2. The first-order valence-electron chi connectivity index (χ1n) is 5.12. The highest BCUT2D eigenvalue weighted by molar-refractivity contribution is 6.28. The number of halogens is 1. The number of nitrogens with zero attached hydrogens (tertiary/aromatic N) is 2. The normalized spacial score (nSPS) is 23.2. The van der Waals surface area contributed by atoms with E-state index < -0.39 is 0 Å². The molecule has 2 rings (SSSR count). The van der Waals surface area contributed by atoms with Crippen LogP contribution in [0.25, 0.3) is 0 Å². The van der Waals surface area contributed by atoms with E-state index in [-0.39, 0.29) is 6.04 Å². The highest BCUT2D eigenvalue weighted by Gasteiger charge is 2.21. The van der Waals surface area contributed by atoms with Gasteiger partial charge in [-0.05, 0) is 43.7 Å². The summed E-state index contributed by atoms with van der Waals surface area (Å²) in [5.74, 6) is 0.661. The Labute approximate surface area is 89.3 Å². The first-order valence-corrected chi connectivity index (χ1v) is 5.50. The lowest BCUT2D eigenvalue weighted by Crippen LogP contribution is -2.26. The average Bonchev–Trinajstić information content (AvgIpc) is 2.47. The number of aryl methyl sites for hydroxylation is 1. The van der Waals surface area contributed by atoms with Crippen LogP contribution in [0.4, 0.5) is 0 Å². The SMILES string of the molecule is CC(N)CC1CCc2cnc(Cl)n2C1. The Morgan fingerprint density at radius 3 is 3.29 bits per heavy atom. The highest BCUT2D eigenvalue weighted by Crippen LogP contribution is 2.26. The van der Waals surface area contributed by atoms with Gasteiger partial charge in [0.05, 0.1) is 0 Å². The maximum absolute atomic E-state index is 5.98. The minimum absolute atomic E-state index is 0.281. The second-order valence-electron chi connectivity index (χ2n) is 4.25. The van der Waals surface area contributed by atoms with Crippen molar-refractivity contribution in [3.05, 3.63) is 17.2 Å². The molecule has 0 amide bonds. The summed E-state index contributed by atoms with van der Waals surface area (Å²) in [4.78, 5) is 4.11. The molecule has 3 nitrogen and oxygen atoms in total. The lowest BCUT2D eigenvalue weighted by Gasteiger charge is -2.25. The summed E-state index contributed by atoms with van der Waals surface area (Å²) in [5, 5.41) is 0.620. The van der Waals surface area contributed by atoms with Gasteiger partial charge in [0.1, 0.15) is 0 Å². The summed E-state index contributed by atoms with van der Waals surface area (Å²) in [6.07, 6.45) is 5.25. The second kappa shape index (κ2) is 3.91. The fraction of sp³-hybridized carbons (Fsp3) is 0.700. The molecule has 0 aliphatic carbocycles. The molecular weight excluding hydrogens is 198 g/mol. The van der Waals surface area contributed by atoms with E-state index in [1.54, 1.807) is 0 Å². The van der Waals surface area contributed by atoms with Gasteiger partial charge in [0.2, 0.25) is 5.28 Å². The summed E-state index contributed by atoms with van der Waals surface area (Å²) < 4.78 is 2.11. The molecule has 0 bridgehead atoms. The smallest absolute Gasteiger partial charge is 0.202 e. The number of fused-ring (bicyclic) bond motifs is 1. The van der Waals surface area contributed by atoms with Gasteiger partial charge < -0.3 is 10.3 Å². The summed E-state index contributed by atoms with van der Waals surface area (Å²) >= 11 is 5.98. The summed E-state index contributed by atoms with van der Waals surface area (Å²) in [6, 6.07) is 0.281. The van der Waals surface area contributed by atoms with Crippen LogP contribution in [0.3, 0.4) is 0 Å². The molecule has 0 spiro atoms. The molecule has 0 fully saturated rings. The molecule has 2 N–H and O–H groups in total. The van der Waals surface area contributed by atoms with E-state index in [2.05, 4.69) is 16.5 Å². The first kappa shape index (κ1) is 9.99. The second-order valence-corrected chi connectivity index (χ2v) is 4.58. The quantitative estimate of drug-likeness (QED) is 0.815. The average molecular weight is 214 g/mol. The number of nitrogens with two attached hydrogens (primary N) is 1. The van der Waals surface area contributed by atoms with Crippen molar-refractivity contribution < 1.29 is 0 Å². The Balaban J connectivity index is 2.08. The van der Waals surface area contributed by atoms with E-state index in [0.29, 0.717) is 11.2 Å². The minimum Gasteiger partial charge on any atom is -0.328 e. The van der Waals surface area contributed by atoms with Crippen LogP contribution in [0.2, 0.25) is 5.28 Å². The lowest BCUT2D eigenvalue weighted by molar-refractivity contribution is 0.331. The van der Waals surface area contributed by atoms with Crippen LogP contribution in [0.5, 0.6) is 0 Å². The fourth-order valence-electron chi connectivity index (χ4n) is 2.20. The van der Waals surface area contributed by atoms with Crippen molar-refractivity contribution in [1.29, 1.82) is 0 Å². The monoisotopic (exact) mass is 213 g/mol. The van der Waals surface area contributed by atoms with Crippen LogP contribution in [0.1, 0.15) is 25.5 Å². The maximum Gasteiger partial charge on any atom is 0.202 e. The maximum atomic E-state index is 5.98. The molecule has 1 aliphatic heterocycles.